The van der Waals surface area contributed by atoms with Crippen LogP contribution in [0, 0.1) is 0 Å². The maximum Gasteiger partial charge on any atom is 0.254 e. The van der Waals surface area contributed by atoms with E-state index in [4.69, 9.17) is 0 Å². The van der Waals surface area contributed by atoms with Crippen LogP contribution in [-0.4, -0.2) is 34.2 Å². The Labute approximate surface area is 146 Å². The van der Waals surface area contributed by atoms with Crippen molar-refractivity contribution in [2.24, 2.45) is 0 Å². The van der Waals surface area contributed by atoms with Crippen LogP contribution in [0.25, 0.3) is 0 Å². The lowest BCUT2D eigenvalue weighted by Gasteiger charge is -2.26. The van der Waals surface area contributed by atoms with E-state index >= 15 is 0 Å². The molecule has 0 bridgehead atoms. The van der Waals surface area contributed by atoms with E-state index < -0.39 is 23.3 Å². The minimum atomic E-state index is -1.27. The van der Waals surface area contributed by atoms with E-state index in [9.17, 15) is 14.4 Å². The van der Waals surface area contributed by atoms with Crippen LogP contribution in [0.1, 0.15) is 16.4 Å². The molecule has 1 aromatic heterocycles. The van der Waals surface area contributed by atoms with Gasteiger partial charge in [-0.3, -0.25) is 19.0 Å². The average Bonchev–Trinajstić information content (AvgIpc) is 2.64. The van der Waals surface area contributed by atoms with Gasteiger partial charge in [0.25, 0.3) is 11.5 Å². The van der Waals surface area contributed by atoms with Gasteiger partial charge in [-0.05, 0) is 6.07 Å². The molecule has 0 aliphatic rings. The van der Waals surface area contributed by atoms with E-state index in [-0.39, 0.29) is 13.1 Å². The largest absolute Gasteiger partial charge is 0.333 e. The summed E-state index contributed by atoms with van der Waals surface area (Å²) in [7, 11) is 0. The normalized spacial score (nSPS) is 11.4. The highest BCUT2D eigenvalue weighted by molar-refractivity contribution is 6.11. The summed E-state index contributed by atoms with van der Waals surface area (Å²) in [5, 5.41) is 0. The predicted molar refractivity (Wildman–Crippen MR) is 97.5 cm³/mol. The Morgan fingerprint density at radius 2 is 1.60 bits per heavy atom. The molecular weight excluding hydrogens is 316 g/mol. The number of nitrogens with zero attached hydrogens (tertiary/aromatic N) is 2. The predicted octanol–water partition coefficient (Wildman–Crippen LogP) is 2.47. The molecule has 25 heavy (non-hydrogen) atoms. The van der Waals surface area contributed by atoms with Crippen molar-refractivity contribution in [1.82, 2.24) is 9.47 Å². The second kappa shape index (κ2) is 8.59. The Morgan fingerprint density at radius 1 is 1.00 bits per heavy atom. The first-order valence-corrected chi connectivity index (χ1v) is 7.87. The molecule has 0 fully saturated rings. The van der Waals surface area contributed by atoms with Crippen LogP contribution < -0.4 is 5.56 Å². The molecule has 5 heteroatoms. The maximum absolute atomic E-state index is 13.0. The second-order valence-electron chi connectivity index (χ2n) is 5.40. The topological polar surface area (TPSA) is 59.4 Å². The number of rotatable bonds is 8. The number of Topliss-reactive ketones (excluding diaryl/α,β-unsaturated/α-hetero) is 1. The van der Waals surface area contributed by atoms with Gasteiger partial charge < -0.3 is 4.90 Å². The third-order valence-corrected chi connectivity index (χ3v) is 3.68. The van der Waals surface area contributed by atoms with Crippen molar-refractivity contribution >= 4 is 11.7 Å². The lowest BCUT2D eigenvalue weighted by Crippen LogP contribution is -2.43. The molecule has 2 aromatic rings. The first kappa shape index (κ1) is 18.1. The van der Waals surface area contributed by atoms with Crippen LogP contribution in [0.4, 0.5) is 0 Å². The van der Waals surface area contributed by atoms with Gasteiger partial charge in [-0.2, -0.15) is 0 Å². The highest BCUT2D eigenvalue weighted by Gasteiger charge is 2.32. The van der Waals surface area contributed by atoms with Gasteiger partial charge in [-0.1, -0.05) is 48.6 Å². The number of ketones is 1. The van der Waals surface area contributed by atoms with Crippen molar-refractivity contribution in [2.45, 2.75) is 6.04 Å². The van der Waals surface area contributed by atoms with Gasteiger partial charge in [-0.25, -0.2) is 0 Å². The van der Waals surface area contributed by atoms with Crippen molar-refractivity contribution < 1.29 is 9.59 Å². The zero-order valence-electron chi connectivity index (χ0n) is 13.9. The summed E-state index contributed by atoms with van der Waals surface area (Å²) < 4.78 is 1.16. The minimum absolute atomic E-state index is 0.255. The van der Waals surface area contributed by atoms with Crippen molar-refractivity contribution in [3.8, 4) is 0 Å². The maximum atomic E-state index is 13.0. The molecule has 128 valence electrons. The van der Waals surface area contributed by atoms with E-state index in [1.165, 1.54) is 17.2 Å². The highest BCUT2D eigenvalue weighted by atomic mass is 16.2. The van der Waals surface area contributed by atoms with Crippen LogP contribution in [0.15, 0.2) is 84.8 Å². The number of benzene rings is 1. The first-order valence-electron chi connectivity index (χ1n) is 7.87. The summed E-state index contributed by atoms with van der Waals surface area (Å²) in [5.41, 5.74) is -0.0453. The van der Waals surface area contributed by atoms with Gasteiger partial charge in [0.2, 0.25) is 0 Å². The summed E-state index contributed by atoms with van der Waals surface area (Å²) in [6.45, 7) is 7.78. The Bertz CT molecular complexity index is 814. The lowest BCUT2D eigenvalue weighted by atomic mass is 10.0. The lowest BCUT2D eigenvalue weighted by molar-refractivity contribution is -0.132. The van der Waals surface area contributed by atoms with Gasteiger partial charge in [-0.15, -0.1) is 13.2 Å². The molecular formula is C20H20N2O3. The van der Waals surface area contributed by atoms with E-state index in [0.29, 0.717) is 5.56 Å². The fourth-order valence-electron chi connectivity index (χ4n) is 2.51. The first-order chi connectivity index (χ1) is 12.1. The van der Waals surface area contributed by atoms with E-state index in [1.807, 2.05) is 0 Å². The third-order valence-electron chi connectivity index (χ3n) is 3.68. The molecule has 0 unspecified atom stereocenters. The Balaban J connectivity index is 2.52. The number of amides is 1. The molecule has 0 spiro atoms. The molecule has 1 amide bonds. The summed E-state index contributed by atoms with van der Waals surface area (Å²) in [6.07, 6.45) is 4.59. The number of carbonyl (C=O) groups excluding carboxylic acids is 2. The number of carbonyl (C=O) groups is 2. The quantitative estimate of drug-likeness (QED) is 0.423. The van der Waals surface area contributed by atoms with Crippen LogP contribution in [-0.2, 0) is 4.79 Å². The van der Waals surface area contributed by atoms with Crippen LogP contribution >= 0.6 is 0 Å². The number of hydrogen-bond acceptors (Lipinski definition) is 3. The fourth-order valence-corrected chi connectivity index (χ4v) is 2.51. The average molecular weight is 336 g/mol. The standard InChI is InChI=1S/C20H20N2O3/c1-3-13-21(14-4-2)20(25)18(22-15-9-8-12-17(22)23)19(24)16-10-6-5-7-11-16/h3-12,15,18H,1-2,13-14H2/t18-/m0/s1. The zero-order chi connectivity index (χ0) is 18.2. The van der Waals surface area contributed by atoms with Gasteiger partial charge in [0.1, 0.15) is 0 Å². The van der Waals surface area contributed by atoms with Gasteiger partial charge in [0.15, 0.2) is 11.8 Å². The number of hydrogen-bond donors (Lipinski definition) is 0. The Kier molecular flexibility index (Phi) is 6.23. The number of pyridine rings is 1. The minimum Gasteiger partial charge on any atom is -0.333 e. The fraction of sp³-hybridized carbons (Fsp3) is 0.150. The SMILES string of the molecule is C=CCN(CC=C)C(=O)[C@H](C(=O)c1ccccc1)n1ccccc1=O. The molecule has 1 heterocycles. The summed E-state index contributed by atoms with van der Waals surface area (Å²) in [6, 6.07) is 11.7. The Hall–Kier alpha value is -3.21. The molecule has 5 nitrogen and oxygen atoms in total. The van der Waals surface area contributed by atoms with Crippen molar-refractivity contribution in [2.75, 3.05) is 13.1 Å². The monoisotopic (exact) mass is 336 g/mol. The molecule has 0 aliphatic carbocycles. The molecule has 1 aromatic carbocycles. The third kappa shape index (κ3) is 4.20. The van der Waals surface area contributed by atoms with Gasteiger partial charge in [0.05, 0.1) is 0 Å². The molecule has 0 radical (unpaired) electrons. The zero-order valence-corrected chi connectivity index (χ0v) is 13.9. The molecule has 0 N–H and O–H groups in total. The second-order valence-corrected chi connectivity index (χ2v) is 5.40. The van der Waals surface area contributed by atoms with Gasteiger partial charge in [0, 0.05) is 30.9 Å². The highest BCUT2D eigenvalue weighted by Crippen LogP contribution is 2.16. The molecule has 2 rings (SSSR count). The van der Waals surface area contributed by atoms with E-state index in [2.05, 4.69) is 13.2 Å². The molecule has 1 atom stereocenters. The van der Waals surface area contributed by atoms with Crippen molar-refractivity contribution in [1.29, 1.82) is 0 Å². The van der Waals surface area contributed by atoms with E-state index in [1.54, 1.807) is 54.6 Å². The van der Waals surface area contributed by atoms with Crippen molar-refractivity contribution in [3.63, 3.8) is 0 Å². The molecule has 0 saturated carbocycles. The molecule has 0 aliphatic heterocycles. The van der Waals surface area contributed by atoms with Gasteiger partial charge >= 0.3 is 0 Å². The van der Waals surface area contributed by atoms with Crippen LogP contribution in [0.5, 0.6) is 0 Å². The summed E-state index contributed by atoms with van der Waals surface area (Å²) >= 11 is 0. The van der Waals surface area contributed by atoms with Crippen molar-refractivity contribution in [3.05, 3.63) is 96.0 Å². The smallest absolute Gasteiger partial charge is 0.254 e. The Morgan fingerprint density at radius 3 is 2.16 bits per heavy atom. The summed E-state index contributed by atoms with van der Waals surface area (Å²) in [4.78, 5) is 39.7. The van der Waals surface area contributed by atoms with E-state index in [0.717, 1.165) is 4.57 Å². The van der Waals surface area contributed by atoms with Crippen LogP contribution in [0.3, 0.4) is 0 Å². The summed E-state index contributed by atoms with van der Waals surface area (Å²) in [5.74, 6) is -0.904. The number of aromatic nitrogens is 1. The van der Waals surface area contributed by atoms with Crippen LogP contribution in [0.2, 0.25) is 0 Å². The molecule has 0 saturated heterocycles.